The Morgan fingerprint density at radius 3 is 2.80 bits per heavy atom. The van der Waals surface area contributed by atoms with Gasteiger partial charge in [0.25, 0.3) is 0 Å². The predicted octanol–water partition coefficient (Wildman–Crippen LogP) is 2.04. The monoisotopic (exact) mass is 298 g/mol. The van der Waals surface area contributed by atoms with Gasteiger partial charge in [-0.3, -0.25) is 4.79 Å². The fourth-order valence-corrected chi connectivity index (χ4v) is 2.52. The van der Waals surface area contributed by atoms with Crippen LogP contribution in [0.1, 0.15) is 12.8 Å². The van der Waals surface area contributed by atoms with E-state index in [1.165, 1.54) is 0 Å². The zero-order chi connectivity index (χ0) is 14.5. The van der Waals surface area contributed by atoms with Gasteiger partial charge in [-0.25, -0.2) is 0 Å². The van der Waals surface area contributed by atoms with Crippen molar-refractivity contribution in [2.45, 2.75) is 18.9 Å². The molecule has 1 amide bonds. The van der Waals surface area contributed by atoms with Crippen LogP contribution in [-0.2, 0) is 9.53 Å². The molecule has 110 valence electrons. The first kappa shape index (κ1) is 15.1. The predicted molar refractivity (Wildman–Crippen MR) is 78.2 cm³/mol. The van der Waals surface area contributed by atoms with Crippen LogP contribution in [0.3, 0.4) is 0 Å². The van der Waals surface area contributed by atoms with E-state index in [0.29, 0.717) is 29.7 Å². The molecule has 1 aromatic carbocycles. The standard InChI is InChI=1S/C14H19ClN2O3/c1-19-12-3-2-10(8-11(12)15)17-14(18)13(16)9-4-6-20-7-5-9/h2-3,8-9,13H,4-7,16H2,1H3,(H,17,18). The summed E-state index contributed by atoms with van der Waals surface area (Å²) in [5.74, 6) is 0.536. The fraction of sp³-hybridized carbons (Fsp3) is 0.500. The van der Waals surface area contributed by atoms with Crippen molar-refractivity contribution in [1.29, 1.82) is 0 Å². The molecule has 0 spiro atoms. The first-order valence-corrected chi connectivity index (χ1v) is 6.97. The lowest BCUT2D eigenvalue weighted by Crippen LogP contribution is -2.44. The second-order valence-electron chi connectivity index (χ2n) is 4.81. The van der Waals surface area contributed by atoms with Crippen LogP contribution in [-0.4, -0.2) is 32.3 Å². The topological polar surface area (TPSA) is 73.6 Å². The van der Waals surface area contributed by atoms with Crippen LogP contribution in [0.25, 0.3) is 0 Å². The molecular weight excluding hydrogens is 280 g/mol. The molecule has 1 saturated heterocycles. The van der Waals surface area contributed by atoms with Gasteiger partial charge in [0.05, 0.1) is 18.2 Å². The number of benzene rings is 1. The number of methoxy groups -OCH3 is 1. The number of ether oxygens (including phenoxy) is 2. The summed E-state index contributed by atoms with van der Waals surface area (Å²) < 4.78 is 10.3. The van der Waals surface area contributed by atoms with Crippen molar-refractivity contribution < 1.29 is 14.3 Å². The number of hydrogen-bond acceptors (Lipinski definition) is 4. The first-order valence-electron chi connectivity index (χ1n) is 6.59. The molecule has 2 rings (SSSR count). The van der Waals surface area contributed by atoms with Gasteiger partial charge >= 0.3 is 0 Å². The zero-order valence-electron chi connectivity index (χ0n) is 11.4. The molecule has 1 unspecified atom stereocenters. The molecular formula is C14H19ClN2O3. The van der Waals surface area contributed by atoms with E-state index in [9.17, 15) is 4.79 Å². The molecule has 1 aromatic rings. The van der Waals surface area contributed by atoms with Gasteiger partial charge in [0.2, 0.25) is 5.91 Å². The van der Waals surface area contributed by atoms with E-state index >= 15 is 0 Å². The summed E-state index contributed by atoms with van der Waals surface area (Å²) in [6.45, 7) is 1.33. The lowest BCUT2D eigenvalue weighted by molar-refractivity contribution is -0.119. The maximum atomic E-state index is 12.1. The van der Waals surface area contributed by atoms with Crippen molar-refractivity contribution in [2.24, 2.45) is 11.7 Å². The van der Waals surface area contributed by atoms with Gasteiger partial charge in [-0.15, -0.1) is 0 Å². The number of rotatable bonds is 4. The van der Waals surface area contributed by atoms with Crippen LogP contribution < -0.4 is 15.8 Å². The van der Waals surface area contributed by atoms with Crippen LogP contribution in [0.15, 0.2) is 18.2 Å². The van der Waals surface area contributed by atoms with Gasteiger partial charge < -0.3 is 20.5 Å². The molecule has 0 radical (unpaired) electrons. The van der Waals surface area contributed by atoms with E-state index in [0.717, 1.165) is 12.8 Å². The third-order valence-corrected chi connectivity index (χ3v) is 3.79. The average Bonchev–Trinajstić information content (AvgIpc) is 2.47. The molecule has 1 atom stereocenters. The second-order valence-corrected chi connectivity index (χ2v) is 5.22. The van der Waals surface area contributed by atoms with E-state index in [-0.39, 0.29) is 11.8 Å². The molecule has 0 saturated carbocycles. The Hall–Kier alpha value is -1.30. The summed E-state index contributed by atoms with van der Waals surface area (Å²) in [6, 6.07) is 4.56. The van der Waals surface area contributed by atoms with Gasteiger partial charge in [0, 0.05) is 18.9 Å². The molecule has 20 heavy (non-hydrogen) atoms. The third-order valence-electron chi connectivity index (χ3n) is 3.50. The third kappa shape index (κ3) is 3.62. The lowest BCUT2D eigenvalue weighted by Gasteiger charge is -2.26. The van der Waals surface area contributed by atoms with E-state index in [1.807, 2.05) is 0 Å². The molecule has 5 nitrogen and oxygen atoms in total. The minimum Gasteiger partial charge on any atom is -0.495 e. The number of anilines is 1. The van der Waals surface area contributed by atoms with Crippen molar-refractivity contribution in [2.75, 3.05) is 25.6 Å². The first-order chi connectivity index (χ1) is 9.61. The van der Waals surface area contributed by atoms with Crippen molar-refractivity contribution in [3.8, 4) is 5.75 Å². The quantitative estimate of drug-likeness (QED) is 0.892. The van der Waals surface area contributed by atoms with E-state index in [4.69, 9.17) is 26.8 Å². The van der Waals surface area contributed by atoms with Crippen LogP contribution in [0.2, 0.25) is 5.02 Å². The number of amides is 1. The van der Waals surface area contributed by atoms with Gasteiger partial charge in [-0.1, -0.05) is 11.6 Å². The normalized spacial score (nSPS) is 17.6. The summed E-state index contributed by atoms with van der Waals surface area (Å²) in [7, 11) is 1.54. The van der Waals surface area contributed by atoms with Crippen molar-refractivity contribution in [3.05, 3.63) is 23.2 Å². The van der Waals surface area contributed by atoms with Crippen molar-refractivity contribution in [3.63, 3.8) is 0 Å². The van der Waals surface area contributed by atoms with Crippen LogP contribution in [0.4, 0.5) is 5.69 Å². The van der Waals surface area contributed by atoms with Crippen LogP contribution >= 0.6 is 11.6 Å². The van der Waals surface area contributed by atoms with Gasteiger partial charge in [-0.2, -0.15) is 0 Å². The largest absolute Gasteiger partial charge is 0.495 e. The Labute approximate surface area is 123 Å². The number of hydrogen-bond donors (Lipinski definition) is 2. The summed E-state index contributed by atoms with van der Waals surface area (Å²) >= 11 is 6.02. The smallest absolute Gasteiger partial charge is 0.241 e. The Kier molecular flexibility index (Phi) is 5.23. The molecule has 6 heteroatoms. The molecule has 0 aliphatic carbocycles. The Morgan fingerprint density at radius 2 is 2.20 bits per heavy atom. The van der Waals surface area contributed by atoms with Crippen molar-refractivity contribution >= 4 is 23.2 Å². The molecule has 1 aliphatic rings. The zero-order valence-corrected chi connectivity index (χ0v) is 12.2. The maximum absolute atomic E-state index is 12.1. The number of nitrogens with two attached hydrogens (primary N) is 1. The summed E-state index contributed by atoms with van der Waals surface area (Å²) in [6.07, 6.45) is 1.63. The number of carbonyl (C=O) groups is 1. The van der Waals surface area contributed by atoms with Crippen molar-refractivity contribution in [1.82, 2.24) is 0 Å². The SMILES string of the molecule is COc1ccc(NC(=O)C(N)C2CCOCC2)cc1Cl. The summed E-state index contributed by atoms with van der Waals surface area (Å²) in [4.78, 5) is 12.1. The molecule has 1 aliphatic heterocycles. The Morgan fingerprint density at radius 1 is 1.50 bits per heavy atom. The number of carbonyl (C=O) groups excluding carboxylic acids is 1. The minimum absolute atomic E-state index is 0.164. The average molecular weight is 299 g/mol. The van der Waals surface area contributed by atoms with Gasteiger partial charge in [0.15, 0.2) is 0 Å². The number of halogens is 1. The van der Waals surface area contributed by atoms with Crippen LogP contribution in [0, 0.1) is 5.92 Å². The number of nitrogens with one attached hydrogen (secondary N) is 1. The lowest BCUT2D eigenvalue weighted by atomic mass is 9.92. The Balaban J connectivity index is 1.98. The minimum atomic E-state index is -0.528. The molecule has 0 bridgehead atoms. The van der Waals surface area contributed by atoms with E-state index < -0.39 is 6.04 Å². The molecule has 1 heterocycles. The summed E-state index contributed by atoms with van der Waals surface area (Å²) in [5.41, 5.74) is 6.62. The van der Waals surface area contributed by atoms with E-state index in [1.54, 1.807) is 25.3 Å². The summed E-state index contributed by atoms with van der Waals surface area (Å²) in [5, 5.41) is 3.24. The molecule has 3 N–H and O–H groups in total. The van der Waals surface area contributed by atoms with E-state index in [2.05, 4.69) is 5.32 Å². The highest BCUT2D eigenvalue weighted by Gasteiger charge is 2.26. The molecule has 1 fully saturated rings. The van der Waals surface area contributed by atoms with Gasteiger partial charge in [0.1, 0.15) is 5.75 Å². The van der Waals surface area contributed by atoms with Crippen LogP contribution in [0.5, 0.6) is 5.75 Å². The maximum Gasteiger partial charge on any atom is 0.241 e. The van der Waals surface area contributed by atoms with Gasteiger partial charge in [-0.05, 0) is 37.0 Å². The fourth-order valence-electron chi connectivity index (χ4n) is 2.26. The Bertz CT molecular complexity index is 475. The second kappa shape index (κ2) is 6.92. The molecule has 0 aromatic heterocycles. The highest BCUT2D eigenvalue weighted by molar-refractivity contribution is 6.32. The highest BCUT2D eigenvalue weighted by atomic mass is 35.5. The highest BCUT2D eigenvalue weighted by Crippen LogP contribution is 2.27.